The highest BCUT2D eigenvalue weighted by molar-refractivity contribution is 5.94. The normalized spacial score (nSPS) is 16.1. The van der Waals surface area contributed by atoms with Crippen LogP contribution in [0, 0.1) is 11.2 Å². The van der Waals surface area contributed by atoms with E-state index in [-0.39, 0.29) is 31.9 Å². The average Bonchev–Trinajstić information content (AvgIpc) is 2.84. The molecule has 0 atom stereocenters. The van der Waals surface area contributed by atoms with Gasteiger partial charge in [0, 0.05) is 44.8 Å². The van der Waals surface area contributed by atoms with Gasteiger partial charge in [-0.1, -0.05) is 19.6 Å². The number of nitrogens with zero attached hydrogens (tertiary/aromatic N) is 5. The number of carbonyl (C=O) groups excluding carboxylic acids is 1. The van der Waals surface area contributed by atoms with E-state index < -0.39 is 11.8 Å². The fraction of sp³-hybridized carbons (Fsp3) is 0.478. The van der Waals surface area contributed by atoms with Gasteiger partial charge in [0.1, 0.15) is 18.9 Å². The van der Waals surface area contributed by atoms with E-state index in [2.05, 4.69) is 19.8 Å². The Hall–Kier alpha value is -3.47. The number of aromatic nitrogens is 2. The summed E-state index contributed by atoms with van der Waals surface area (Å²) in [6, 6.07) is 5.05. The molecule has 2 aliphatic heterocycles. The van der Waals surface area contributed by atoms with Gasteiger partial charge in [-0.2, -0.15) is 0 Å². The largest absolute Gasteiger partial charge is 0.460 e. The highest BCUT2D eigenvalue weighted by atomic mass is 19.1. The minimum absolute atomic E-state index is 0. The number of hydrogen-bond donors (Lipinski definition) is 2. The van der Waals surface area contributed by atoms with Crippen molar-refractivity contribution in [1.29, 1.82) is 5.41 Å². The molecule has 0 amide bonds. The average molecular weight is 474 g/mol. The summed E-state index contributed by atoms with van der Waals surface area (Å²) >= 11 is 0. The van der Waals surface area contributed by atoms with Crippen LogP contribution in [0.15, 0.2) is 30.6 Å². The van der Waals surface area contributed by atoms with Gasteiger partial charge in [-0.25, -0.2) is 14.4 Å². The van der Waals surface area contributed by atoms with Crippen LogP contribution in [0.1, 0.15) is 19.4 Å². The van der Waals surface area contributed by atoms with Crippen LogP contribution in [0.2, 0.25) is 0 Å². The van der Waals surface area contributed by atoms with E-state index in [1.165, 1.54) is 0 Å². The second-order valence-electron chi connectivity index (χ2n) is 7.93. The van der Waals surface area contributed by atoms with E-state index in [9.17, 15) is 4.79 Å². The summed E-state index contributed by atoms with van der Waals surface area (Å²) in [5.74, 6) is -0.682. The zero-order valence-corrected chi connectivity index (χ0v) is 18.4. The van der Waals surface area contributed by atoms with Crippen LogP contribution in [0.5, 0.6) is 0 Å². The minimum atomic E-state index is -0.652. The maximum absolute atomic E-state index is 15.1. The third kappa shape index (κ3) is 6.10. The zero-order chi connectivity index (χ0) is 23.2. The zero-order valence-electron chi connectivity index (χ0n) is 18.4. The van der Waals surface area contributed by atoms with Crippen LogP contribution in [-0.2, 0) is 20.9 Å². The molecule has 1 aromatic carbocycles. The van der Waals surface area contributed by atoms with Gasteiger partial charge in [-0.15, -0.1) is 0 Å². The number of nitrogens with two attached hydrogens (primary N) is 1. The number of esters is 1. The summed E-state index contributed by atoms with van der Waals surface area (Å²) < 4.78 is 25.5. The number of amidine groups is 1. The number of carbonyl (C=O) groups is 1. The fourth-order valence-corrected chi connectivity index (χ4v) is 3.90. The molecule has 0 aliphatic carbocycles. The molecule has 184 valence electrons. The van der Waals surface area contributed by atoms with E-state index >= 15 is 4.39 Å². The summed E-state index contributed by atoms with van der Waals surface area (Å²) in [5, 5.41) is 7.13. The molecule has 0 spiro atoms. The van der Waals surface area contributed by atoms with Gasteiger partial charge >= 0.3 is 5.97 Å². The van der Waals surface area contributed by atoms with Gasteiger partial charge in [-0.05, 0) is 6.07 Å². The fourth-order valence-electron chi connectivity index (χ4n) is 3.90. The van der Waals surface area contributed by atoms with Gasteiger partial charge in [0.25, 0.3) is 0 Å². The van der Waals surface area contributed by atoms with Crippen LogP contribution in [0.3, 0.4) is 0 Å². The standard InChI is InChI=1S/C22H28FN7O3.CH4/c23-21-16(15-33-20(31)12-19(24)25)2-1-3-18(21)29-4-6-30(7-5-29)22-26-13-17(14-27-22)28-8-10-32-11-9-28;/h1-3,13-14H,4-12,15H2,(H3,24,25);1H4. The molecule has 2 saturated heterocycles. The Morgan fingerprint density at radius 1 is 1.06 bits per heavy atom. The van der Waals surface area contributed by atoms with Gasteiger partial charge in [-0.3, -0.25) is 10.2 Å². The molecule has 0 radical (unpaired) electrons. The van der Waals surface area contributed by atoms with Crippen LogP contribution >= 0.6 is 0 Å². The van der Waals surface area contributed by atoms with Crippen LogP contribution in [-0.4, -0.2) is 74.3 Å². The number of halogens is 1. The van der Waals surface area contributed by atoms with Crippen molar-refractivity contribution in [1.82, 2.24) is 9.97 Å². The molecule has 2 aliphatic rings. The highest BCUT2D eigenvalue weighted by Crippen LogP contribution is 2.25. The van der Waals surface area contributed by atoms with Crippen molar-refractivity contribution in [2.75, 3.05) is 67.2 Å². The topological polar surface area (TPSA) is 121 Å². The summed E-state index contributed by atoms with van der Waals surface area (Å²) in [6.07, 6.45) is 3.38. The Kier molecular flexibility index (Phi) is 8.58. The molecule has 3 N–H and O–H groups in total. The lowest BCUT2D eigenvalue weighted by atomic mass is 10.1. The SMILES string of the molecule is C.N=C(N)CC(=O)OCc1cccc(N2CCN(c3ncc(N4CCOCC4)cn3)CC2)c1F. The van der Waals surface area contributed by atoms with Crippen molar-refractivity contribution < 1.29 is 18.7 Å². The first-order valence-electron chi connectivity index (χ1n) is 10.9. The van der Waals surface area contributed by atoms with Gasteiger partial charge in [0.2, 0.25) is 5.95 Å². The molecule has 10 nitrogen and oxygen atoms in total. The summed E-state index contributed by atoms with van der Waals surface area (Å²) in [5.41, 5.74) is 6.94. The second-order valence-corrected chi connectivity index (χ2v) is 7.93. The van der Waals surface area contributed by atoms with Crippen LogP contribution in [0.4, 0.5) is 21.7 Å². The van der Waals surface area contributed by atoms with Crippen molar-refractivity contribution in [2.45, 2.75) is 20.5 Å². The Morgan fingerprint density at radius 2 is 1.71 bits per heavy atom. The molecule has 3 heterocycles. The number of piperazine rings is 1. The quantitative estimate of drug-likeness (QED) is 0.352. The van der Waals surface area contributed by atoms with Gasteiger partial charge < -0.3 is 29.9 Å². The van der Waals surface area contributed by atoms with Crippen molar-refractivity contribution in [2.24, 2.45) is 5.73 Å². The van der Waals surface area contributed by atoms with Crippen LogP contribution < -0.4 is 20.4 Å². The summed E-state index contributed by atoms with van der Waals surface area (Å²) in [6.45, 7) is 5.43. The highest BCUT2D eigenvalue weighted by Gasteiger charge is 2.23. The molecule has 11 heteroatoms. The van der Waals surface area contributed by atoms with E-state index in [4.69, 9.17) is 20.6 Å². The second kappa shape index (κ2) is 11.6. The molecule has 0 saturated carbocycles. The molecule has 2 aromatic rings. The molecule has 0 unspecified atom stereocenters. The van der Waals surface area contributed by atoms with E-state index in [1.807, 2.05) is 17.3 Å². The number of benzene rings is 1. The molecule has 0 bridgehead atoms. The maximum Gasteiger partial charge on any atom is 0.313 e. The van der Waals surface area contributed by atoms with E-state index in [0.717, 1.165) is 18.8 Å². The summed E-state index contributed by atoms with van der Waals surface area (Å²) in [7, 11) is 0. The third-order valence-corrected chi connectivity index (χ3v) is 5.69. The predicted octanol–water partition coefficient (Wildman–Crippen LogP) is 1.78. The van der Waals surface area contributed by atoms with E-state index in [1.54, 1.807) is 18.2 Å². The minimum Gasteiger partial charge on any atom is -0.460 e. The molecule has 1 aromatic heterocycles. The Bertz CT molecular complexity index is 975. The number of nitrogens with one attached hydrogen (secondary N) is 1. The Balaban J connectivity index is 0.00000324. The van der Waals surface area contributed by atoms with Gasteiger partial charge in [0.15, 0.2) is 5.82 Å². The number of ether oxygens (including phenoxy) is 2. The third-order valence-electron chi connectivity index (χ3n) is 5.69. The lowest BCUT2D eigenvalue weighted by Gasteiger charge is -2.36. The molecular formula is C23H32FN7O3. The first kappa shape index (κ1) is 25.2. The molecule has 2 fully saturated rings. The number of hydrogen-bond acceptors (Lipinski definition) is 9. The Morgan fingerprint density at radius 3 is 2.35 bits per heavy atom. The lowest BCUT2D eigenvalue weighted by molar-refractivity contribution is -0.143. The van der Waals surface area contributed by atoms with E-state index in [0.29, 0.717) is 51.0 Å². The molecule has 4 rings (SSSR count). The Labute approximate surface area is 199 Å². The molecular weight excluding hydrogens is 441 g/mol. The summed E-state index contributed by atoms with van der Waals surface area (Å²) in [4.78, 5) is 26.9. The number of morpholine rings is 1. The smallest absolute Gasteiger partial charge is 0.313 e. The number of anilines is 3. The number of rotatable bonds is 7. The monoisotopic (exact) mass is 473 g/mol. The maximum atomic E-state index is 15.1. The van der Waals surface area contributed by atoms with Crippen LogP contribution in [0.25, 0.3) is 0 Å². The van der Waals surface area contributed by atoms with Gasteiger partial charge in [0.05, 0.1) is 37.0 Å². The molecule has 34 heavy (non-hydrogen) atoms. The first-order valence-corrected chi connectivity index (χ1v) is 10.9. The first-order chi connectivity index (χ1) is 16.0. The van der Waals surface area contributed by atoms with Crippen molar-refractivity contribution in [3.05, 3.63) is 42.0 Å². The van der Waals surface area contributed by atoms with Crippen molar-refractivity contribution in [3.8, 4) is 0 Å². The predicted molar refractivity (Wildman–Crippen MR) is 129 cm³/mol. The van der Waals surface area contributed by atoms with Crippen molar-refractivity contribution >= 4 is 29.1 Å². The van der Waals surface area contributed by atoms with Crippen molar-refractivity contribution in [3.63, 3.8) is 0 Å². The lowest BCUT2D eigenvalue weighted by Crippen LogP contribution is -2.47.